The second kappa shape index (κ2) is 5.03. The molecule has 18 heavy (non-hydrogen) atoms. The predicted molar refractivity (Wildman–Crippen MR) is 66.1 cm³/mol. The minimum atomic E-state index is -0.490. The van der Waals surface area contributed by atoms with Crippen molar-refractivity contribution in [2.24, 2.45) is 0 Å². The summed E-state index contributed by atoms with van der Waals surface area (Å²) in [6.07, 6.45) is 1.48. The third kappa shape index (κ3) is 2.01. The molecule has 6 nitrogen and oxygen atoms in total. The molecule has 0 atom stereocenters. The number of aliphatic hydroxyl groups is 1. The van der Waals surface area contributed by atoms with Crippen LogP contribution < -0.4 is 4.90 Å². The summed E-state index contributed by atoms with van der Waals surface area (Å²) in [5, 5.41) is 17.9. The minimum absolute atomic E-state index is 0.0666. The Morgan fingerprint density at radius 3 is 3.00 bits per heavy atom. The van der Waals surface area contributed by atoms with Crippen LogP contribution in [0.25, 0.3) is 5.76 Å². The monoisotopic (exact) mass is 249 g/mol. The van der Waals surface area contributed by atoms with E-state index in [1.807, 2.05) is 11.8 Å². The van der Waals surface area contributed by atoms with Gasteiger partial charge >= 0.3 is 5.97 Å². The fourth-order valence-corrected chi connectivity index (χ4v) is 1.89. The van der Waals surface area contributed by atoms with E-state index in [1.165, 1.54) is 6.20 Å². The highest BCUT2D eigenvalue weighted by atomic mass is 16.5. The second-order valence-corrected chi connectivity index (χ2v) is 3.83. The van der Waals surface area contributed by atoms with E-state index in [2.05, 4.69) is 10.2 Å². The summed E-state index contributed by atoms with van der Waals surface area (Å²) in [4.78, 5) is 13.6. The Labute approximate surface area is 105 Å². The SMILES string of the molecule is CCOC(=O)C1=C(O)c2ccnnc2N(CC)C1. The average molecular weight is 249 g/mol. The lowest BCUT2D eigenvalue weighted by Gasteiger charge is -2.28. The number of esters is 1. The zero-order chi connectivity index (χ0) is 13.1. The first-order valence-corrected chi connectivity index (χ1v) is 5.85. The molecule has 0 amide bonds. The van der Waals surface area contributed by atoms with Gasteiger partial charge in [-0.15, -0.1) is 5.10 Å². The Bertz CT molecular complexity index is 499. The van der Waals surface area contributed by atoms with Gasteiger partial charge in [-0.2, -0.15) is 5.10 Å². The lowest BCUT2D eigenvalue weighted by Crippen LogP contribution is -2.34. The molecule has 2 heterocycles. The van der Waals surface area contributed by atoms with Crippen molar-refractivity contribution in [3.63, 3.8) is 0 Å². The molecule has 6 heteroatoms. The number of rotatable bonds is 3. The van der Waals surface area contributed by atoms with E-state index in [9.17, 15) is 9.90 Å². The van der Waals surface area contributed by atoms with Crippen molar-refractivity contribution in [3.8, 4) is 0 Å². The molecule has 96 valence electrons. The number of anilines is 1. The standard InChI is InChI=1S/C12H15N3O3/c1-3-15-7-9(12(17)18-4-2)10(16)8-5-6-13-14-11(8)15/h5-6,16H,3-4,7H2,1-2H3. The van der Waals surface area contributed by atoms with Crippen molar-refractivity contribution in [1.29, 1.82) is 0 Å². The molecule has 1 aliphatic rings. The van der Waals surface area contributed by atoms with E-state index in [-0.39, 0.29) is 24.5 Å². The van der Waals surface area contributed by atoms with Crippen LogP contribution in [0.2, 0.25) is 0 Å². The number of aromatic nitrogens is 2. The summed E-state index contributed by atoms with van der Waals surface area (Å²) in [5.41, 5.74) is 0.778. The number of carbonyl (C=O) groups is 1. The third-order valence-corrected chi connectivity index (χ3v) is 2.79. The number of fused-ring (bicyclic) bond motifs is 1. The summed E-state index contributed by atoms with van der Waals surface area (Å²) in [5.74, 6) is 0.0320. The Hall–Kier alpha value is -2.11. The molecular formula is C12H15N3O3. The average Bonchev–Trinajstić information content (AvgIpc) is 2.40. The zero-order valence-corrected chi connectivity index (χ0v) is 10.4. The van der Waals surface area contributed by atoms with Gasteiger partial charge in [0, 0.05) is 6.54 Å². The number of likely N-dealkylation sites (N-methyl/N-ethyl adjacent to an activating group) is 1. The smallest absolute Gasteiger partial charge is 0.339 e. The molecule has 0 bridgehead atoms. The molecule has 0 unspecified atom stereocenters. The third-order valence-electron chi connectivity index (χ3n) is 2.79. The summed E-state index contributed by atoms with van der Waals surface area (Å²) in [7, 11) is 0. The van der Waals surface area contributed by atoms with Gasteiger partial charge in [0.1, 0.15) is 5.76 Å². The van der Waals surface area contributed by atoms with Crippen LogP contribution in [-0.2, 0) is 9.53 Å². The lowest BCUT2D eigenvalue weighted by molar-refractivity contribution is -0.138. The maximum Gasteiger partial charge on any atom is 0.339 e. The van der Waals surface area contributed by atoms with E-state index in [0.717, 1.165) is 0 Å². The van der Waals surface area contributed by atoms with Crippen molar-refractivity contribution in [2.75, 3.05) is 24.6 Å². The number of nitrogens with zero attached hydrogens (tertiary/aromatic N) is 3. The van der Waals surface area contributed by atoms with Gasteiger partial charge in [0.2, 0.25) is 0 Å². The maximum atomic E-state index is 11.8. The van der Waals surface area contributed by atoms with E-state index >= 15 is 0 Å². The van der Waals surface area contributed by atoms with E-state index in [4.69, 9.17) is 4.74 Å². The van der Waals surface area contributed by atoms with E-state index in [0.29, 0.717) is 17.9 Å². The molecule has 0 aliphatic carbocycles. The molecule has 1 aromatic heterocycles. The molecule has 1 aliphatic heterocycles. The Balaban J connectivity index is 2.46. The molecule has 2 rings (SSSR count). The first-order chi connectivity index (χ1) is 8.69. The lowest BCUT2D eigenvalue weighted by atomic mass is 10.0. The van der Waals surface area contributed by atoms with Gasteiger partial charge in [0.25, 0.3) is 0 Å². The first-order valence-electron chi connectivity index (χ1n) is 5.85. The van der Waals surface area contributed by atoms with E-state index < -0.39 is 5.97 Å². The number of aliphatic hydroxyl groups excluding tert-OH is 1. The van der Waals surface area contributed by atoms with Crippen molar-refractivity contribution in [2.45, 2.75) is 13.8 Å². The van der Waals surface area contributed by atoms with Crippen molar-refractivity contribution in [1.82, 2.24) is 10.2 Å². The number of carbonyl (C=O) groups excluding carboxylic acids is 1. The molecule has 1 aromatic rings. The molecule has 0 saturated heterocycles. The molecular weight excluding hydrogens is 234 g/mol. The van der Waals surface area contributed by atoms with Crippen LogP contribution in [0.15, 0.2) is 17.8 Å². The summed E-state index contributed by atoms with van der Waals surface area (Å²) in [6.45, 7) is 4.91. The molecule has 0 saturated carbocycles. The Morgan fingerprint density at radius 2 is 2.33 bits per heavy atom. The van der Waals surface area contributed by atoms with E-state index in [1.54, 1.807) is 13.0 Å². The number of hydrogen-bond acceptors (Lipinski definition) is 6. The second-order valence-electron chi connectivity index (χ2n) is 3.83. The molecule has 1 N–H and O–H groups in total. The minimum Gasteiger partial charge on any atom is -0.507 e. The van der Waals surface area contributed by atoms with Gasteiger partial charge in [-0.05, 0) is 19.9 Å². The highest BCUT2D eigenvalue weighted by Crippen LogP contribution is 2.31. The Morgan fingerprint density at radius 1 is 1.56 bits per heavy atom. The van der Waals surface area contributed by atoms with Gasteiger partial charge in [0.15, 0.2) is 5.82 Å². The molecule has 0 radical (unpaired) electrons. The topological polar surface area (TPSA) is 75.5 Å². The molecule has 0 aromatic carbocycles. The number of ether oxygens (including phenoxy) is 1. The van der Waals surface area contributed by atoms with Crippen LogP contribution in [0.4, 0.5) is 5.82 Å². The highest BCUT2D eigenvalue weighted by Gasteiger charge is 2.29. The highest BCUT2D eigenvalue weighted by molar-refractivity contribution is 5.99. The first kappa shape index (κ1) is 12.3. The number of hydrogen-bond donors (Lipinski definition) is 1. The van der Waals surface area contributed by atoms with Crippen LogP contribution in [0.5, 0.6) is 0 Å². The summed E-state index contributed by atoms with van der Waals surface area (Å²) in [6, 6.07) is 1.64. The zero-order valence-electron chi connectivity index (χ0n) is 10.4. The molecule has 0 spiro atoms. The van der Waals surface area contributed by atoms with Gasteiger partial charge in [0.05, 0.1) is 30.5 Å². The van der Waals surface area contributed by atoms with Gasteiger partial charge < -0.3 is 14.7 Å². The van der Waals surface area contributed by atoms with Crippen LogP contribution in [0.3, 0.4) is 0 Å². The largest absolute Gasteiger partial charge is 0.507 e. The predicted octanol–water partition coefficient (Wildman–Crippen LogP) is 1.15. The summed E-state index contributed by atoms with van der Waals surface area (Å²) < 4.78 is 4.94. The van der Waals surface area contributed by atoms with Crippen LogP contribution in [0, 0.1) is 0 Å². The summed E-state index contributed by atoms with van der Waals surface area (Å²) >= 11 is 0. The van der Waals surface area contributed by atoms with Crippen molar-refractivity contribution < 1.29 is 14.6 Å². The quantitative estimate of drug-likeness (QED) is 0.810. The van der Waals surface area contributed by atoms with Crippen LogP contribution in [0.1, 0.15) is 19.4 Å². The van der Waals surface area contributed by atoms with Crippen molar-refractivity contribution >= 4 is 17.5 Å². The van der Waals surface area contributed by atoms with Gasteiger partial charge in [-0.3, -0.25) is 0 Å². The van der Waals surface area contributed by atoms with Crippen LogP contribution >= 0.6 is 0 Å². The molecule has 0 fully saturated rings. The maximum absolute atomic E-state index is 11.8. The normalized spacial score (nSPS) is 14.4. The fraction of sp³-hybridized carbons (Fsp3) is 0.417. The Kier molecular flexibility index (Phi) is 3.45. The fourth-order valence-electron chi connectivity index (χ4n) is 1.89. The van der Waals surface area contributed by atoms with Gasteiger partial charge in [-0.1, -0.05) is 0 Å². The van der Waals surface area contributed by atoms with Gasteiger partial charge in [-0.25, -0.2) is 4.79 Å². The van der Waals surface area contributed by atoms with Crippen molar-refractivity contribution in [3.05, 3.63) is 23.4 Å². The van der Waals surface area contributed by atoms with Crippen LogP contribution in [-0.4, -0.2) is 41.0 Å².